The maximum Gasteiger partial charge on any atom is 0.416 e. The van der Waals surface area contributed by atoms with Crippen molar-refractivity contribution in [2.75, 3.05) is 16.8 Å². The van der Waals surface area contributed by atoms with Crippen LogP contribution in [0.15, 0.2) is 42.5 Å². The van der Waals surface area contributed by atoms with E-state index in [0.717, 1.165) is 36.3 Å². The molecule has 36 heavy (non-hydrogen) atoms. The number of ether oxygens (including phenoxy) is 1. The Labute approximate surface area is 208 Å². The lowest BCUT2D eigenvalue weighted by Gasteiger charge is -2.19. The van der Waals surface area contributed by atoms with Crippen molar-refractivity contribution in [3.05, 3.63) is 58.6 Å². The quantitative estimate of drug-likeness (QED) is 0.456. The van der Waals surface area contributed by atoms with Crippen molar-refractivity contribution in [3.63, 3.8) is 0 Å². The first kappa shape index (κ1) is 24.3. The zero-order valence-electron chi connectivity index (χ0n) is 18.7. The van der Waals surface area contributed by atoms with Gasteiger partial charge in [0.1, 0.15) is 0 Å². The smallest absolute Gasteiger partial charge is 0.416 e. The number of nitrogens with one attached hydrogen (secondary N) is 1. The van der Waals surface area contributed by atoms with Gasteiger partial charge in [-0.25, -0.2) is 4.79 Å². The molecule has 2 aliphatic carbocycles. The summed E-state index contributed by atoms with van der Waals surface area (Å²) in [5.74, 6) is -2.47. The number of nitrogens with zero attached hydrogens (tertiary/aromatic N) is 1. The Morgan fingerprint density at radius 2 is 1.69 bits per heavy atom. The van der Waals surface area contributed by atoms with E-state index in [9.17, 15) is 32.3 Å². The molecule has 3 aliphatic rings. The predicted molar refractivity (Wildman–Crippen MR) is 122 cm³/mol. The first-order valence-corrected chi connectivity index (χ1v) is 11.7. The van der Waals surface area contributed by atoms with Crippen LogP contribution in [0, 0.1) is 23.7 Å². The van der Waals surface area contributed by atoms with E-state index in [4.69, 9.17) is 16.3 Å². The normalized spacial score (nSPS) is 24.7. The number of carbonyl (C=O) groups is 4. The molecule has 7 nitrogen and oxygen atoms in total. The fraction of sp³-hybridized carbons (Fsp3) is 0.360. The third-order valence-corrected chi connectivity index (χ3v) is 7.50. The number of fused-ring (bicyclic) bond motifs is 5. The fourth-order valence-electron chi connectivity index (χ4n) is 5.63. The lowest BCUT2D eigenvalue weighted by molar-refractivity contribution is -0.137. The number of halogens is 4. The second kappa shape index (κ2) is 8.92. The molecule has 3 fully saturated rings. The van der Waals surface area contributed by atoms with E-state index in [1.165, 1.54) is 18.2 Å². The Bertz CT molecular complexity index is 1250. The Morgan fingerprint density at radius 3 is 2.33 bits per heavy atom. The number of imide groups is 1. The minimum atomic E-state index is -4.63. The molecule has 1 heterocycles. The minimum absolute atomic E-state index is 0.0121. The van der Waals surface area contributed by atoms with Crippen molar-refractivity contribution < 1.29 is 37.1 Å². The molecule has 4 atom stereocenters. The summed E-state index contributed by atoms with van der Waals surface area (Å²) >= 11 is 5.86. The van der Waals surface area contributed by atoms with Crippen molar-refractivity contribution in [1.82, 2.24) is 0 Å². The van der Waals surface area contributed by atoms with Gasteiger partial charge in [0.05, 0.1) is 39.4 Å². The summed E-state index contributed by atoms with van der Waals surface area (Å²) < 4.78 is 43.7. The minimum Gasteiger partial charge on any atom is -0.452 e. The maximum atomic E-state index is 13.0. The standard InChI is InChI=1S/C25H20ClF3N2O5/c26-17-7-6-15(25(27,28)29)10-18(17)30-19(32)11-36-24(35)14-2-1-3-16(9-14)31-22(33)20-12-4-5-13(8-12)21(20)23(31)34/h1-3,6-7,9-10,12-13,20-21H,4-5,8,11H2,(H,30,32)/t12-,13-,20+,21+/m0/s1. The van der Waals surface area contributed by atoms with Gasteiger partial charge in [0.25, 0.3) is 5.91 Å². The number of benzene rings is 2. The van der Waals surface area contributed by atoms with Crippen molar-refractivity contribution in [3.8, 4) is 0 Å². The van der Waals surface area contributed by atoms with Gasteiger partial charge in [-0.3, -0.25) is 19.3 Å². The molecule has 2 aromatic carbocycles. The summed E-state index contributed by atoms with van der Waals surface area (Å²) in [4.78, 5) is 51.9. The number of carbonyl (C=O) groups excluding carboxylic acids is 4. The van der Waals surface area contributed by atoms with Gasteiger partial charge in [0, 0.05) is 0 Å². The zero-order valence-corrected chi connectivity index (χ0v) is 19.4. The van der Waals surface area contributed by atoms with Gasteiger partial charge in [0.15, 0.2) is 6.61 Å². The SMILES string of the molecule is O=C(COC(=O)c1cccc(N2C(=O)[C@@H]3[C@H]4CC[C@@H](C4)[C@H]3C2=O)c1)Nc1cc(C(F)(F)F)ccc1Cl. The summed E-state index contributed by atoms with van der Waals surface area (Å²) in [6.45, 7) is -0.787. The molecule has 1 saturated heterocycles. The molecule has 3 amide bonds. The molecule has 2 bridgehead atoms. The first-order valence-electron chi connectivity index (χ1n) is 11.4. The zero-order chi connectivity index (χ0) is 25.8. The molecule has 5 rings (SSSR count). The van der Waals surface area contributed by atoms with Gasteiger partial charge in [-0.05, 0) is 67.5 Å². The number of hydrogen-bond acceptors (Lipinski definition) is 5. The van der Waals surface area contributed by atoms with Crippen LogP contribution in [-0.4, -0.2) is 30.3 Å². The average molecular weight is 521 g/mol. The molecular formula is C25H20ClF3N2O5. The molecule has 0 spiro atoms. The van der Waals surface area contributed by atoms with Crippen LogP contribution in [0.25, 0.3) is 0 Å². The first-order chi connectivity index (χ1) is 17.0. The molecule has 11 heteroatoms. The van der Waals surface area contributed by atoms with Gasteiger partial charge in [0.2, 0.25) is 11.8 Å². The van der Waals surface area contributed by atoms with E-state index in [1.807, 2.05) is 0 Å². The van der Waals surface area contributed by atoms with Gasteiger partial charge in [-0.2, -0.15) is 13.2 Å². The van der Waals surface area contributed by atoms with Crippen LogP contribution < -0.4 is 10.2 Å². The molecule has 0 aromatic heterocycles. The second-order valence-corrected chi connectivity index (χ2v) is 9.67. The fourth-order valence-corrected chi connectivity index (χ4v) is 5.80. The molecule has 0 radical (unpaired) electrons. The van der Waals surface area contributed by atoms with Crippen LogP contribution in [0.4, 0.5) is 24.5 Å². The van der Waals surface area contributed by atoms with Crippen LogP contribution >= 0.6 is 11.6 Å². The van der Waals surface area contributed by atoms with E-state index in [0.29, 0.717) is 6.07 Å². The monoisotopic (exact) mass is 520 g/mol. The number of hydrogen-bond donors (Lipinski definition) is 1. The van der Waals surface area contributed by atoms with Gasteiger partial charge in [-0.1, -0.05) is 17.7 Å². The number of amides is 3. The highest BCUT2D eigenvalue weighted by molar-refractivity contribution is 6.33. The van der Waals surface area contributed by atoms with Crippen molar-refractivity contribution in [2.45, 2.75) is 25.4 Å². The molecule has 2 aromatic rings. The lowest BCUT2D eigenvalue weighted by Crippen LogP contribution is -2.32. The summed E-state index contributed by atoms with van der Waals surface area (Å²) in [6, 6.07) is 8.26. The van der Waals surface area contributed by atoms with Crippen LogP contribution in [0.2, 0.25) is 5.02 Å². The highest BCUT2D eigenvalue weighted by Gasteiger charge is 2.61. The van der Waals surface area contributed by atoms with E-state index >= 15 is 0 Å². The highest BCUT2D eigenvalue weighted by atomic mass is 35.5. The van der Waals surface area contributed by atoms with Crippen molar-refractivity contribution >= 4 is 46.7 Å². The summed E-state index contributed by atoms with van der Waals surface area (Å²) in [5, 5.41) is 2.07. The molecule has 0 unspecified atom stereocenters. The third kappa shape index (κ3) is 4.23. The van der Waals surface area contributed by atoms with Crippen LogP contribution in [0.5, 0.6) is 0 Å². The van der Waals surface area contributed by atoms with Crippen molar-refractivity contribution in [2.24, 2.45) is 23.7 Å². The van der Waals surface area contributed by atoms with Gasteiger partial charge >= 0.3 is 12.1 Å². The van der Waals surface area contributed by atoms with Crippen molar-refractivity contribution in [1.29, 1.82) is 0 Å². The number of esters is 1. The number of alkyl halides is 3. The maximum absolute atomic E-state index is 13.0. The largest absolute Gasteiger partial charge is 0.452 e. The summed E-state index contributed by atoms with van der Waals surface area (Å²) in [5.41, 5.74) is -1.01. The highest BCUT2D eigenvalue weighted by Crippen LogP contribution is 2.56. The Hall–Kier alpha value is -3.40. The Balaban J connectivity index is 1.24. The molecule has 2 saturated carbocycles. The number of rotatable bonds is 5. The van der Waals surface area contributed by atoms with Gasteiger partial charge in [-0.15, -0.1) is 0 Å². The predicted octanol–water partition coefficient (Wildman–Crippen LogP) is 4.69. The van der Waals surface area contributed by atoms with E-state index in [1.54, 1.807) is 6.07 Å². The molecule has 1 N–H and O–H groups in total. The Kier molecular flexibility index (Phi) is 6.02. The van der Waals surface area contributed by atoms with Crippen LogP contribution in [-0.2, 0) is 25.3 Å². The molecule has 1 aliphatic heterocycles. The van der Waals surface area contributed by atoms with Crippen LogP contribution in [0.3, 0.4) is 0 Å². The average Bonchev–Trinajstić information content (AvgIpc) is 3.52. The Morgan fingerprint density at radius 1 is 1.03 bits per heavy atom. The molecule has 188 valence electrons. The van der Waals surface area contributed by atoms with E-state index in [-0.39, 0.29) is 57.4 Å². The summed E-state index contributed by atoms with van der Waals surface area (Å²) in [7, 11) is 0. The number of anilines is 2. The topological polar surface area (TPSA) is 92.8 Å². The second-order valence-electron chi connectivity index (χ2n) is 9.26. The van der Waals surface area contributed by atoms with E-state index < -0.39 is 30.2 Å². The summed E-state index contributed by atoms with van der Waals surface area (Å²) in [6.07, 6.45) is -1.84. The molecular weight excluding hydrogens is 501 g/mol. The lowest BCUT2D eigenvalue weighted by atomic mass is 9.81. The van der Waals surface area contributed by atoms with Crippen LogP contribution in [0.1, 0.15) is 35.2 Å². The third-order valence-electron chi connectivity index (χ3n) is 7.17. The van der Waals surface area contributed by atoms with E-state index in [2.05, 4.69) is 5.32 Å². The van der Waals surface area contributed by atoms with Gasteiger partial charge < -0.3 is 10.1 Å².